The van der Waals surface area contributed by atoms with Crippen LogP contribution in [0.5, 0.6) is 17.2 Å². The van der Waals surface area contributed by atoms with Crippen LogP contribution >= 0.6 is 0 Å². The summed E-state index contributed by atoms with van der Waals surface area (Å²) in [6.07, 6.45) is 1.81. The van der Waals surface area contributed by atoms with Gasteiger partial charge in [-0.1, -0.05) is 30.3 Å². The van der Waals surface area contributed by atoms with E-state index in [1.165, 1.54) is 0 Å². The lowest BCUT2D eigenvalue weighted by Crippen LogP contribution is -1.94. The lowest BCUT2D eigenvalue weighted by Gasteiger charge is -2.09. The fourth-order valence-electron chi connectivity index (χ4n) is 2.29. The Kier molecular flexibility index (Phi) is 3.97. The summed E-state index contributed by atoms with van der Waals surface area (Å²) in [6.45, 7) is 2.66. The summed E-state index contributed by atoms with van der Waals surface area (Å²) in [6, 6.07) is 15.4. The highest BCUT2D eigenvalue weighted by Crippen LogP contribution is 2.39. The minimum atomic E-state index is 0.206. The molecule has 0 amide bonds. The van der Waals surface area contributed by atoms with Gasteiger partial charge in [0, 0.05) is 11.6 Å². The van der Waals surface area contributed by atoms with Gasteiger partial charge in [0.15, 0.2) is 11.5 Å². The molecule has 4 heteroatoms. The van der Waals surface area contributed by atoms with Crippen LogP contribution in [0.1, 0.15) is 18.1 Å². The molecule has 3 rings (SSSR count). The Morgan fingerprint density at radius 2 is 1.95 bits per heavy atom. The van der Waals surface area contributed by atoms with E-state index in [2.05, 4.69) is 6.07 Å². The maximum Gasteiger partial charge on any atom is 0.231 e. The number of allylic oxidation sites excluding steroid dienone is 1. The Bertz CT molecular complexity index is 745. The molecule has 1 aliphatic rings. The molecular weight excluding hydrogens is 278 g/mol. The van der Waals surface area contributed by atoms with Crippen LogP contribution in [0, 0.1) is 11.3 Å². The van der Waals surface area contributed by atoms with Crippen molar-refractivity contribution in [3.8, 4) is 23.3 Å². The lowest BCUT2D eigenvalue weighted by atomic mass is 10.0. The minimum Gasteiger partial charge on any atom is -0.493 e. The number of nitriles is 1. The van der Waals surface area contributed by atoms with Gasteiger partial charge in [-0.15, -0.1) is 0 Å². The minimum absolute atomic E-state index is 0.206. The van der Waals surface area contributed by atoms with E-state index < -0.39 is 0 Å². The predicted molar refractivity (Wildman–Crippen MR) is 83.7 cm³/mol. The van der Waals surface area contributed by atoms with Crippen molar-refractivity contribution in [2.45, 2.75) is 6.92 Å². The molecule has 0 aromatic heterocycles. The summed E-state index contributed by atoms with van der Waals surface area (Å²) < 4.78 is 16.4. The first-order chi connectivity index (χ1) is 10.8. The Labute approximate surface area is 129 Å². The second kappa shape index (κ2) is 6.23. The van der Waals surface area contributed by atoms with Gasteiger partial charge in [0.2, 0.25) is 6.79 Å². The van der Waals surface area contributed by atoms with E-state index in [1.807, 2.05) is 49.4 Å². The van der Waals surface area contributed by atoms with Gasteiger partial charge in [0.1, 0.15) is 5.75 Å². The Balaban J connectivity index is 2.07. The van der Waals surface area contributed by atoms with Crippen LogP contribution in [0.25, 0.3) is 11.6 Å². The Morgan fingerprint density at radius 3 is 2.64 bits per heavy atom. The van der Waals surface area contributed by atoms with Gasteiger partial charge < -0.3 is 14.2 Å². The first kappa shape index (κ1) is 14.0. The van der Waals surface area contributed by atoms with Crippen molar-refractivity contribution < 1.29 is 14.2 Å². The highest BCUT2D eigenvalue weighted by molar-refractivity contribution is 5.91. The molecule has 2 aromatic carbocycles. The SMILES string of the molecule is CCOc1cc2c(cc1C=C(C#N)c1ccccc1)OCO2. The predicted octanol–water partition coefficient (Wildman–Crippen LogP) is 3.88. The third-order valence-corrected chi connectivity index (χ3v) is 3.31. The molecule has 0 bridgehead atoms. The highest BCUT2D eigenvalue weighted by Gasteiger charge is 2.17. The number of ether oxygens (including phenoxy) is 3. The van der Waals surface area contributed by atoms with Crippen LogP contribution in [0.2, 0.25) is 0 Å². The summed E-state index contributed by atoms with van der Waals surface area (Å²) in [4.78, 5) is 0. The molecule has 0 unspecified atom stereocenters. The summed E-state index contributed by atoms with van der Waals surface area (Å²) >= 11 is 0. The smallest absolute Gasteiger partial charge is 0.231 e. The summed E-state index contributed by atoms with van der Waals surface area (Å²) in [5, 5.41) is 9.44. The second-order valence-electron chi connectivity index (χ2n) is 4.71. The number of benzene rings is 2. The van der Waals surface area contributed by atoms with E-state index >= 15 is 0 Å². The molecule has 0 fully saturated rings. The number of rotatable bonds is 4. The van der Waals surface area contributed by atoms with E-state index in [1.54, 1.807) is 6.07 Å². The highest BCUT2D eigenvalue weighted by atomic mass is 16.7. The molecule has 0 saturated carbocycles. The molecule has 2 aromatic rings. The zero-order valence-corrected chi connectivity index (χ0v) is 12.2. The lowest BCUT2D eigenvalue weighted by molar-refractivity contribution is 0.174. The largest absolute Gasteiger partial charge is 0.493 e. The summed E-state index contributed by atoms with van der Waals surface area (Å²) in [5.74, 6) is 2.01. The average Bonchev–Trinajstić information content (AvgIpc) is 3.01. The Morgan fingerprint density at radius 1 is 1.23 bits per heavy atom. The maximum absolute atomic E-state index is 9.44. The molecule has 0 N–H and O–H groups in total. The molecule has 0 aliphatic carbocycles. The molecule has 0 spiro atoms. The van der Waals surface area contributed by atoms with Crippen LogP contribution in [0.3, 0.4) is 0 Å². The molecule has 0 saturated heterocycles. The van der Waals surface area contributed by atoms with Crippen molar-refractivity contribution in [1.82, 2.24) is 0 Å². The maximum atomic E-state index is 9.44. The quantitative estimate of drug-likeness (QED) is 0.634. The monoisotopic (exact) mass is 293 g/mol. The van der Waals surface area contributed by atoms with Gasteiger partial charge in [-0.05, 0) is 24.6 Å². The second-order valence-corrected chi connectivity index (χ2v) is 4.71. The van der Waals surface area contributed by atoms with E-state index in [-0.39, 0.29) is 6.79 Å². The fraction of sp³-hybridized carbons (Fsp3) is 0.167. The van der Waals surface area contributed by atoms with E-state index in [4.69, 9.17) is 14.2 Å². The van der Waals surface area contributed by atoms with Crippen molar-refractivity contribution in [3.63, 3.8) is 0 Å². The van der Waals surface area contributed by atoms with E-state index in [0.717, 1.165) is 11.1 Å². The fourth-order valence-corrected chi connectivity index (χ4v) is 2.29. The van der Waals surface area contributed by atoms with Crippen LogP contribution in [-0.4, -0.2) is 13.4 Å². The molecule has 22 heavy (non-hydrogen) atoms. The average molecular weight is 293 g/mol. The Hall–Kier alpha value is -2.93. The van der Waals surface area contributed by atoms with Crippen LogP contribution in [0.15, 0.2) is 42.5 Å². The van der Waals surface area contributed by atoms with E-state index in [9.17, 15) is 5.26 Å². The van der Waals surface area contributed by atoms with Crippen molar-refractivity contribution in [2.75, 3.05) is 13.4 Å². The first-order valence-corrected chi connectivity index (χ1v) is 7.05. The summed E-state index contributed by atoms with van der Waals surface area (Å²) in [5.41, 5.74) is 2.23. The van der Waals surface area contributed by atoms with Crippen molar-refractivity contribution in [2.24, 2.45) is 0 Å². The third kappa shape index (κ3) is 2.75. The zero-order chi connectivity index (χ0) is 15.4. The third-order valence-electron chi connectivity index (χ3n) is 3.31. The number of hydrogen-bond donors (Lipinski definition) is 0. The molecular formula is C18H15NO3. The van der Waals surface area contributed by atoms with Crippen molar-refractivity contribution in [1.29, 1.82) is 5.26 Å². The molecule has 0 radical (unpaired) electrons. The van der Waals surface area contributed by atoms with Gasteiger partial charge in [0.05, 0.1) is 18.2 Å². The topological polar surface area (TPSA) is 51.5 Å². The van der Waals surface area contributed by atoms with Crippen molar-refractivity contribution >= 4 is 11.6 Å². The number of hydrogen-bond acceptors (Lipinski definition) is 4. The number of nitrogens with zero attached hydrogens (tertiary/aromatic N) is 1. The number of fused-ring (bicyclic) bond motifs is 1. The standard InChI is InChI=1S/C18H15NO3/c1-2-20-16-10-18-17(21-12-22-18)9-14(16)8-15(11-19)13-6-4-3-5-7-13/h3-10H,2,12H2,1H3. The van der Waals surface area contributed by atoms with Crippen LogP contribution < -0.4 is 14.2 Å². The molecule has 1 heterocycles. The summed E-state index contributed by atoms with van der Waals surface area (Å²) in [7, 11) is 0. The molecule has 1 aliphatic heterocycles. The zero-order valence-electron chi connectivity index (χ0n) is 12.2. The van der Waals surface area contributed by atoms with Gasteiger partial charge >= 0.3 is 0 Å². The normalized spacial score (nSPS) is 12.8. The van der Waals surface area contributed by atoms with Gasteiger partial charge in [0.25, 0.3) is 0 Å². The van der Waals surface area contributed by atoms with Gasteiger partial charge in [-0.3, -0.25) is 0 Å². The van der Waals surface area contributed by atoms with Gasteiger partial charge in [-0.2, -0.15) is 5.26 Å². The van der Waals surface area contributed by atoms with E-state index in [0.29, 0.717) is 29.4 Å². The molecule has 110 valence electrons. The van der Waals surface area contributed by atoms with Gasteiger partial charge in [-0.25, -0.2) is 0 Å². The van der Waals surface area contributed by atoms with Crippen LogP contribution in [-0.2, 0) is 0 Å². The van der Waals surface area contributed by atoms with Crippen molar-refractivity contribution in [3.05, 3.63) is 53.6 Å². The molecule has 0 atom stereocenters. The van der Waals surface area contributed by atoms with Crippen LogP contribution in [0.4, 0.5) is 0 Å². The molecule has 4 nitrogen and oxygen atoms in total. The first-order valence-electron chi connectivity index (χ1n) is 7.05.